The standard InChI is InChI=1S/C10H9BrO4/c1-15-10(14)8-3-2-6(9(12)13)4-7(8)5-11/h2-4H,5H2,1H3,(H,12,13). The van der Waals surface area contributed by atoms with Crippen molar-refractivity contribution in [3.8, 4) is 0 Å². The van der Waals surface area contributed by atoms with Crippen molar-refractivity contribution in [3.63, 3.8) is 0 Å². The number of rotatable bonds is 3. The summed E-state index contributed by atoms with van der Waals surface area (Å²) in [5.41, 5.74) is 1.12. The van der Waals surface area contributed by atoms with E-state index in [0.717, 1.165) is 0 Å². The number of benzene rings is 1. The highest BCUT2D eigenvalue weighted by Gasteiger charge is 2.13. The van der Waals surface area contributed by atoms with Crippen LogP contribution >= 0.6 is 15.9 Å². The number of alkyl halides is 1. The van der Waals surface area contributed by atoms with Gasteiger partial charge in [-0.25, -0.2) is 9.59 Å². The molecular formula is C10H9BrO4. The van der Waals surface area contributed by atoms with Crippen LogP contribution in [0.5, 0.6) is 0 Å². The van der Waals surface area contributed by atoms with Gasteiger partial charge in [-0.3, -0.25) is 0 Å². The fraction of sp³-hybridized carbons (Fsp3) is 0.200. The number of carbonyl (C=O) groups is 2. The molecule has 0 unspecified atom stereocenters. The van der Waals surface area contributed by atoms with Gasteiger partial charge < -0.3 is 9.84 Å². The number of methoxy groups -OCH3 is 1. The van der Waals surface area contributed by atoms with Gasteiger partial charge in [0.15, 0.2) is 0 Å². The van der Waals surface area contributed by atoms with Crippen molar-refractivity contribution in [1.29, 1.82) is 0 Å². The minimum atomic E-state index is -1.02. The topological polar surface area (TPSA) is 63.6 Å². The lowest BCUT2D eigenvalue weighted by Gasteiger charge is -2.05. The molecule has 1 rings (SSSR count). The zero-order valence-corrected chi connectivity index (χ0v) is 9.58. The van der Waals surface area contributed by atoms with Crippen LogP contribution in [0.1, 0.15) is 26.3 Å². The molecule has 0 spiro atoms. The first-order valence-corrected chi connectivity index (χ1v) is 5.22. The van der Waals surface area contributed by atoms with Gasteiger partial charge in [-0.1, -0.05) is 15.9 Å². The molecule has 0 aromatic heterocycles. The molecule has 0 fully saturated rings. The Morgan fingerprint density at radius 1 is 1.47 bits per heavy atom. The monoisotopic (exact) mass is 272 g/mol. The number of aromatic carboxylic acids is 1. The molecule has 15 heavy (non-hydrogen) atoms. The van der Waals surface area contributed by atoms with E-state index < -0.39 is 11.9 Å². The zero-order chi connectivity index (χ0) is 11.4. The van der Waals surface area contributed by atoms with E-state index in [-0.39, 0.29) is 5.56 Å². The second-order valence-corrected chi connectivity index (χ2v) is 3.36. The number of carbonyl (C=O) groups excluding carboxylic acids is 1. The summed E-state index contributed by atoms with van der Waals surface area (Å²) in [5.74, 6) is -1.49. The van der Waals surface area contributed by atoms with Gasteiger partial charge in [0.05, 0.1) is 18.2 Å². The van der Waals surface area contributed by atoms with Crippen LogP contribution in [0.25, 0.3) is 0 Å². The highest BCUT2D eigenvalue weighted by atomic mass is 79.9. The van der Waals surface area contributed by atoms with Crippen LogP contribution in [0.3, 0.4) is 0 Å². The number of carboxylic acid groups (broad SMARTS) is 1. The summed E-state index contributed by atoms with van der Waals surface area (Å²) in [5, 5.41) is 9.16. The smallest absolute Gasteiger partial charge is 0.338 e. The maximum atomic E-state index is 11.3. The second-order valence-electron chi connectivity index (χ2n) is 2.80. The fourth-order valence-corrected chi connectivity index (χ4v) is 1.61. The Bertz CT molecular complexity index is 400. The number of ether oxygens (including phenoxy) is 1. The normalized spacial score (nSPS) is 9.73. The van der Waals surface area contributed by atoms with Crippen LogP contribution in [-0.4, -0.2) is 24.2 Å². The molecule has 80 valence electrons. The number of hydrogen-bond acceptors (Lipinski definition) is 3. The summed E-state index contributed by atoms with van der Waals surface area (Å²) in [7, 11) is 1.28. The van der Waals surface area contributed by atoms with E-state index in [0.29, 0.717) is 16.5 Å². The van der Waals surface area contributed by atoms with Gasteiger partial charge in [0.1, 0.15) is 0 Å². The zero-order valence-electron chi connectivity index (χ0n) is 7.99. The fourth-order valence-electron chi connectivity index (χ4n) is 1.15. The number of carboxylic acids is 1. The summed E-state index contributed by atoms with van der Waals surface area (Å²) in [6.45, 7) is 0. The van der Waals surface area contributed by atoms with Crippen LogP contribution in [-0.2, 0) is 10.1 Å². The quantitative estimate of drug-likeness (QED) is 0.676. The van der Waals surface area contributed by atoms with Crippen molar-refractivity contribution in [1.82, 2.24) is 0 Å². The number of esters is 1. The molecule has 1 aromatic rings. The highest BCUT2D eigenvalue weighted by Crippen LogP contribution is 2.16. The summed E-state index contributed by atoms with van der Waals surface area (Å²) < 4.78 is 4.57. The SMILES string of the molecule is COC(=O)c1ccc(C(=O)O)cc1CBr. The van der Waals surface area contributed by atoms with Crippen molar-refractivity contribution in [3.05, 3.63) is 34.9 Å². The summed E-state index contributed by atoms with van der Waals surface area (Å²) in [6.07, 6.45) is 0. The first kappa shape index (κ1) is 11.7. The Hall–Kier alpha value is -1.36. The molecule has 0 amide bonds. The van der Waals surface area contributed by atoms with E-state index in [9.17, 15) is 9.59 Å². The second kappa shape index (κ2) is 4.93. The van der Waals surface area contributed by atoms with Gasteiger partial charge in [0.25, 0.3) is 0 Å². The van der Waals surface area contributed by atoms with Crippen molar-refractivity contribution in [2.45, 2.75) is 5.33 Å². The largest absolute Gasteiger partial charge is 0.478 e. The first-order valence-electron chi connectivity index (χ1n) is 4.10. The molecule has 0 aliphatic rings. The van der Waals surface area contributed by atoms with Crippen LogP contribution in [0.4, 0.5) is 0 Å². The summed E-state index contributed by atoms with van der Waals surface area (Å²) in [6, 6.07) is 4.27. The molecule has 1 aromatic carbocycles. The molecule has 0 saturated heterocycles. The molecule has 0 bridgehead atoms. The predicted octanol–water partition coefficient (Wildman–Crippen LogP) is 2.07. The van der Waals surface area contributed by atoms with Gasteiger partial charge >= 0.3 is 11.9 Å². The Kier molecular flexibility index (Phi) is 3.85. The highest BCUT2D eigenvalue weighted by molar-refractivity contribution is 9.08. The average molecular weight is 273 g/mol. The van der Waals surface area contributed by atoms with Gasteiger partial charge in [-0.2, -0.15) is 0 Å². The molecule has 0 radical (unpaired) electrons. The van der Waals surface area contributed by atoms with Crippen LogP contribution < -0.4 is 0 Å². The lowest BCUT2D eigenvalue weighted by molar-refractivity contribution is 0.0597. The summed E-state index contributed by atoms with van der Waals surface area (Å²) >= 11 is 3.19. The Labute approximate surface area is 95.0 Å². The van der Waals surface area contributed by atoms with Crippen LogP contribution in [0.2, 0.25) is 0 Å². The predicted molar refractivity (Wildman–Crippen MR) is 57.4 cm³/mol. The maximum Gasteiger partial charge on any atom is 0.338 e. The van der Waals surface area contributed by atoms with Crippen molar-refractivity contribution in [2.75, 3.05) is 7.11 Å². The molecule has 1 N–H and O–H groups in total. The molecule has 0 aliphatic heterocycles. The lowest BCUT2D eigenvalue weighted by Crippen LogP contribution is -2.07. The van der Waals surface area contributed by atoms with Gasteiger partial charge in [-0.05, 0) is 23.8 Å². The van der Waals surface area contributed by atoms with Crippen LogP contribution in [0.15, 0.2) is 18.2 Å². The van der Waals surface area contributed by atoms with Crippen molar-refractivity contribution >= 4 is 27.9 Å². The van der Waals surface area contributed by atoms with E-state index in [4.69, 9.17) is 5.11 Å². The van der Waals surface area contributed by atoms with Crippen molar-refractivity contribution in [2.24, 2.45) is 0 Å². The molecule has 4 nitrogen and oxygen atoms in total. The lowest BCUT2D eigenvalue weighted by atomic mass is 10.1. The minimum absolute atomic E-state index is 0.150. The first-order chi connectivity index (χ1) is 7.10. The van der Waals surface area contributed by atoms with Crippen LogP contribution in [0, 0.1) is 0 Å². The third kappa shape index (κ3) is 2.56. The third-order valence-electron chi connectivity index (χ3n) is 1.90. The van der Waals surface area contributed by atoms with E-state index in [1.54, 1.807) is 0 Å². The average Bonchev–Trinajstić information content (AvgIpc) is 2.27. The Morgan fingerprint density at radius 2 is 2.13 bits per heavy atom. The maximum absolute atomic E-state index is 11.3. The third-order valence-corrected chi connectivity index (χ3v) is 2.51. The number of halogens is 1. The Morgan fingerprint density at radius 3 is 2.60 bits per heavy atom. The van der Waals surface area contributed by atoms with E-state index in [1.165, 1.54) is 25.3 Å². The molecule has 0 atom stereocenters. The van der Waals surface area contributed by atoms with Gasteiger partial charge in [0, 0.05) is 5.33 Å². The molecule has 5 heteroatoms. The molecular weight excluding hydrogens is 264 g/mol. The van der Waals surface area contributed by atoms with E-state index in [2.05, 4.69) is 20.7 Å². The number of hydrogen-bond donors (Lipinski definition) is 1. The minimum Gasteiger partial charge on any atom is -0.478 e. The van der Waals surface area contributed by atoms with E-state index >= 15 is 0 Å². The molecule has 0 aliphatic carbocycles. The van der Waals surface area contributed by atoms with E-state index in [1.807, 2.05) is 0 Å². The van der Waals surface area contributed by atoms with Gasteiger partial charge in [-0.15, -0.1) is 0 Å². The van der Waals surface area contributed by atoms with Crippen molar-refractivity contribution < 1.29 is 19.4 Å². The van der Waals surface area contributed by atoms with Gasteiger partial charge in [0.2, 0.25) is 0 Å². The summed E-state index contributed by atoms with van der Waals surface area (Å²) in [4.78, 5) is 22.0. The molecule has 0 saturated carbocycles. The Balaban J connectivity index is 3.20. The molecule has 0 heterocycles.